The van der Waals surface area contributed by atoms with Crippen molar-refractivity contribution in [3.63, 3.8) is 0 Å². The predicted molar refractivity (Wildman–Crippen MR) is 75.0 cm³/mol. The van der Waals surface area contributed by atoms with E-state index in [0.29, 0.717) is 23.4 Å². The molecule has 1 heterocycles. The van der Waals surface area contributed by atoms with Gasteiger partial charge in [0.1, 0.15) is 17.1 Å². The first-order valence-electron chi connectivity index (χ1n) is 6.31. The summed E-state index contributed by atoms with van der Waals surface area (Å²) in [4.78, 5) is 11.5. The summed E-state index contributed by atoms with van der Waals surface area (Å²) >= 11 is 0. The Bertz CT molecular complexity index is 657. The molecule has 0 unspecified atom stereocenters. The van der Waals surface area contributed by atoms with Gasteiger partial charge in [0, 0.05) is 11.8 Å². The van der Waals surface area contributed by atoms with Gasteiger partial charge >= 0.3 is 5.97 Å². The summed E-state index contributed by atoms with van der Waals surface area (Å²) in [7, 11) is 0. The first kappa shape index (κ1) is 14.0. The molecule has 0 radical (unpaired) electrons. The molecule has 0 amide bonds. The lowest BCUT2D eigenvalue weighted by molar-refractivity contribution is 0.0696. The number of aromatic nitrogens is 2. The van der Waals surface area contributed by atoms with Crippen LogP contribution in [0.25, 0.3) is 17.5 Å². The number of carboxylic acid groups (broad SMARTS) is 1. The average Bonchev–Trinajstić information content (AvgIpc) is 2.78. The van der Waals surface area contributed by atoms with Gasteiger partial charge in [0.2, 0.25) is 0 Å². The van der Waals surface area contributed by atoms with E-state index in [-0.39, 0.29) is 11.4 Å². The number of nitrogens with zero attached hydrogens (tertiary/aromatic N) is 2. The van der Waals surface area contributed by atoms with Crippen LogP contribution in [0.1, 0.15) is 29.9 Å². The zero-order valence-electron chi connectivity index (χ0n) is 11.3. The van der Waals surface area contributed by atoms with Crippen LogP contribution in [0.4, 0.5) is 4.39 Å². The van der Waals surface area contributed by atoms with E-state index in [2.05, 4.69) is 5.10 Å². The van der Waals surface area contributed by atoms with E-state index in [4.69, 9.17) is 0 Å². The highest BCUT2D eigenvalue weighted by atomic mass is 19.1. The van der Waals surface area contributed by atoms with Crippen LogP contribution >= 0.6 is 0 Å². The van der Waals surface area contributed by atoms with Gasteiger partial charge in [-0.05, 0) is 37.6 Å². The molecule has 0 aliphatic rings. The Balaban J connectivity index is 2.68. The van der Waals surface area contributed by atoms with Crippen molar-refractivity contribution in [3.8, 4) is 11.3 Å². The predicted octanol–water partition coefficient (Wildman–Crippen LogP) is 3.44. The Morgan fingerprint density at radius 1 is 1.40 bits per heavy atom. The van der Waals surface area contributed by atoms with E-state index in [1.54, 1.807) is 17.0 Å². The fourth-order valence-electron chi connectivity index (χ4n) is 2.11. The first-order chi connectivity index (χ1) is 9.58. The zero-order valence-corrected chi connectivity index (χ0v) is 11.3. The van der Waals surface area contributed by atoms with Gasteiger partial charge in [-0.1, -0.05) is 13.0 Å². The summed E-state index contributed by atoms with van der Waals surface area (Å²) in [6.07, 6.45) is 4.03. The molecule has 0 fully saturated rings. The maximum Gasteiger partial charge on any atom is 0.339 e. The second kappa shape index (κ2) is 5.69. The largest absolute Gasteiger partial charge is 0.478 e. The summed E-state index contributed by atoms with van der Waals surface area (Å²) in [6, 6.07) is 5.65. The Kier molecular flexibility index (Phi) is 3.98. The molecule has 0 bridgehead atoms. The third kappa shape index (κ3) is 2.47. The van der Waals surface area contributed by atoms with Crippen LogP contribution < -0.4 is 0 Å². The van der Waals surface area contributed by atoms with Crippen molar-refractivity contribution in [2.45, 2.75) is 20.3 Å². The summed E-state index contributed by atoms with van der Waals surface area (Å²) < 4.78 is 14.5. The maximum absolute atomic E-state index is 13.0. The van der Waals surface area contributed by atoms with Crippen molar-refractivity contribution >= 4 is 12.2 Å². The molecule has 1 N–H and O–H groups in total. The van der Waals surface area contributed by atoms with Crippen molar-refractivity contribution in [1.82, 2.24) is 9.78 Å². The standard InChI is InChI=1S/C15H15FN2O2/c1-3-9-18-12(4-2)13(15(19)20)14(17-18)10-5-7-11(16)8-6-10/h3,5-9H,4H2,1-2H3,(H,19,20)/b9-3-. The molecule has 2 rings (SSSR count). The highest BCUT2D eigenvalue weighted by Gasteiger charge is 2.22. The lowest BCUT2D eigenvalue weighted by atomic mass is 10.0. The third-order valence-corrected chi connectivity index (χ3v) is 2.97. The van der Waals surface area contributed by atoms with Crippen LogP contribution in [0, 0.1) is 5.82 Å². The molecule has 0 aliphatic heterocycles. The fraction of sp³-hybridized carbons (Fsp3) is 0.200. The molecule has 0 saturated heterocycles. The van der Waals surface area contributed by atoms with Gasteiger partial charge in [0.25, 0.3) is 0 Å². The second-order valence-electron chi connectivity index (χ2n) is 4.26. The van der Waals surface area contributed by atoms with E-state index >= 15 is 0 Å². The molecular formula is C15H15FN2O2. The minimum Gasteiger partial charge on any atom is -0.478 e. The quantitative estimate of drug-likeness (QED) is 0.929. The first-order valence-corrected chi connectivity index (χ1v) is 6.31. The van der Waals surface area contributed by atoms with Gasteiger partial charge in [-0.15, -0.1) is 0 Å². The third-order valence-electron chi connectivity index (χ3n) is 2.97. The number of hydrogen-bond donors (Lipinski definition) is 1. The van der Waals surface area contributed by atoms with E-state index in [1.807, 2.05) is 13.8 Å². The van der Waals surface area contributed by atoms with Gasteiger partial charge < -0.3 is 5.11 Å². The number of hydrogen-bond acceptors (Lipinski definition) is 2. The molecule has 0 saturated carbocycles. The lowest BCUT2D eigenvalue weighted by Gasteiger charge is -2.00. The van der Waals surface area contributed by atoms with Crippen molar-refractivity contribution in [3.05, 3.63) is 47.4 Å². The minimum absolute atomic E-state index is 0.164. The van der Waals surface area contributed by atoms with Crippen molar-refractivity contribution < 1.29 is 14.3 Å². The van der Waals surface area contributed by atoms with E-state index in [9.17, 15) is 14.3 Å². The summed E-state index contributed by atoms with van der Waals surface area (Å²) in [5.74, 6) is -1.40. The Hall–Kier alpha value is -2.43. The van der Waals surface area contributed by atoms with E-state index in [0.717, 1.165) is 0 Å². The second-order valence-corrected chi connectivity index (χ2v) is 4.26. The molecule has 104 valence electrons. The average molecular weight is 274 g/mol. The monoisotopic (exact) mass is 274 g/mol. The van der Waals surface area contributed by atoms with Crippen LogP contribution in [0.3, 0.4) is 0 Å². The van der Waals surface area contributed by atoms with E-state index in [1.165, 1.54) is 24.3 Å². The molecule has 0 aliphatic carbocycles. The van der Waals surface area contributed by atoms with Crippen LogP contribution in [0.15, 0.2) is 30.3 Å². The molecule has 2 aromatic rings. The molecular weight excluding hydrogens is 259 g/mol. The molecule has 1 aromatic carbocycles. The molecule has 20 heavy (non-hydrogen) atoms. The van der Waals surface area contributed by atoms with Crippen LogP contribution in [-0.2, 0) is 6.42 Å². The Labute approximate surface area is 116 Å². The van der Waals surface area contributed by atoms with E-state index < -0.39 is 5.97 Å². The number of allylic oxidation sites excluding steroid dienone is 1. The van der Waals surface area contributed by atoms with Gasteiger partial charge in [0.05, 0.1) is 5.69 Å². The molecule has 4 nitrogen and oxygen atoms in total. The van der Waals surface area contributed by atoms with Crippen molar-refractivity contribution in [2.75, 3.05) is 0 Å². The Morgan fingerprint density at radius 2 is 2.05 bits per heavy atom. The number of halogens is 1. The number of benzene rings is 1. The number of carbonyl (C=O) groups is 1. The van der Waals surface area contributed by atoms with Gasteiger partial charge in [0.15, 0.2) is 0 Å². The highest BCUT2D eigenvalue weighted by Crippen LogP contribution is 2.26. The SMILES string of the molecule is C/C=C\n1nc(-c2ccc(F)cc2)c(C(=O)O)c1CC. The topological polar surface area (TPSA) is 55.1 Å². The lowest BCUT2D eigenvalue weighted by Crippen LogP contribution is -2.03. The van der Waals surface area contributed by atoms with Gasteiger partial charge in [-0.3, -0.25) is 0 Å². The minimum atomic E-state index is -1.03. The summed E-state index contributed by atoms with van der Waals surface area (Å²) in [6.45, 7) is 3.71. The maximum atomic E-state index is 13.0. The Morgan fingerprint density at radius 3 is 2.55 bits per heavy atom. The molecule has 0 atom stereocenters. The van der Waals surface area contributed by atoms with Gasteiger partial charge in [-0.2, -0.15) is 5.10 Å². The van der Waals surface area contributed by atoms with Crippen LogP contribution in [0.5, 0.6) is 0 Å². The van der Waals surface area contributed by atoms with Gasteiger partial charge in [-0.25, -0.2) is 13.9 Å². The summed E-state index contributed by atoms with van der Waals surface area (Å²) in [5.41, 5.74) is 1.72. The summed E-state index contributed by atoms with van der Waals surface area (Å²) in [5, 5.41) is 13.7. The van der Waals surface area contributed by atoms with Crippen molar-refractivity contribution in [1.29, 1.82) is 0 Å². The number of aromatic carboxylic acids is 1. The number of carboxylic acids is 1. The highest BCUT2D eigenvalue weighted by molar-refractivity contribution is 5.96. The molecule has 5 heteroatoms. The van der Waals surface area contributed by atoms with Crippen LogP contribution in [-0.4, -0.2) is 20.9 Å². The molecule has 0 spiro atoms. The molecule has 1 aromatic heterocycles. The zero-order chi connectivity index (χ0) is 14.7. The normalized spacial score (nSPS) is 11.2. The fourth-order valence-corrected chi connectivity index (χ4v) is 2.11. The van der Waals surface area contributed by atoms with Crippen LogP contribution in [0.2, 0.25) is 0 Å². The van der Waals surface area contributed by atoms with Crippen molar-refractivity contribution in [2.24, 2.45) is 0 Å². The smallest absolute Gasteiger partial charge is 0.339 e. The number of rotatable bonds is 4.